The second kappa shape index (κ2) is 12.3. The number of nitrogens with zero attached hydrogens (tertiary/aromatic N) is 2. The minimum absolute atomic E-state index is 0.0279. The fourth-order valence-corrected chi connectivity index (χ4v) is 3.96. The predicted octanol–water partition coefficient (Wildman–Crippen LogP) is 3.90. The SMILES string of the molecule is CC(C)(N)C(=O)N[C@H](COCc1ccccc1)C(=O)Nc1cn(C(c2ccccc2)c2ccccc2)cn1. The van der Waals surface area contributed by atoms with Crippen molar-refractivity contribution < 1.29 is 14.3 Å². The van der Waals surface area contributed by atoms with Gasteiger partial charge in [0.1, 0.15) is 6.04 Å². The number of nitrogens with two attached hydrogens (primary N) is 1. The number of aromatic nitrogens is 2. The number of ether oxygens (including phenoxy) is 1. The third kappa shape index (κ3) is 7.15. The summed E-state index contributed by atoms with van der Waals surface area (Å²) in [5.74, 6) is -0.544. The molecule has 0 unspecified atom stereocenters. The number of hydrogen-bond donors (Lipinski definition) is 3. The third-order valence-electron chi connectivity index (χ3n) is 5.98. The molecule has 8 heteroatoms. The van der Waals surface area contributed by atoms with E-state index in [1.54, 1.807) is 26.4 Å². The molecule has 4 rings (SSSR count). The number of amides is 2. The van der Waals surface area contributed by atoms with Gasteiger partial charge in [-0.05, 0) is 30.5 Å². The van der Waals surface area contributed by atoms with Crippen molar-refractivity contribution in [2.45, 2.75) is 38.1 Å². The zero-order valence-corrected chi connectivity index (χ0v) is 21.6. The van der Waals surface area contributed by atoms with Crippen LogP contribution < -0.4 is 16.4 Å². The standard InChI is InChI=1S/C30H33N5O3/c1-30(2,31)29(37)33-25(20-38-19-22-12-6-3-7-13-22)28(36)34-26-18-35(21-32-26)27(23-14-8-4-9-15-23)24-16-10-5-11-17-24/h3-18,21,25,27H,19-20,31H2,1-2H3,(H,33,37)(H,34,36)/t25-/m1/s1. The molecule has 4 aromatic rings. The van der Waals surface area contributed by atoms with Gasteiger partial charge in [-0.15, -0.1) is 0 Å². The average molecular weight is 512 g/mol. The van der Waals surface area contributed by atoms with Crippen LogP contribution in [0.4, 0.5) is 5.82 Å². The molecule has 0 bridgehead atoms. The second-order valence-corrected chi connectivity index (χ2v) is 9.67. The maximum Gasteiger partial charge on any atom is 0.250 e. The van der Waals surface area contributed by atoms with E-state index in [2.05, 4.69) is 39.9 Å². The van der Waals surface area contributed by atoms with Gasteiger partial charge >= 0.3 is 0 Å². The molecule has 0 aliphatic rings. The number of imidazole rings is 1. The Kier molecular flexibility index (Phi) is 8.68. The molecule has 0 fully saturated rings. The van der Waals surface area contributed by atoms with Crippen molar-refractivity contribution >= 4 is 17.6 Å². The van der Waals surface area contributed by atoms with Crippen LogP contribution in [-0.4, -0.2) is 39.6 Å². The van der Waals surface area contributed by atoms with E-state index >= 15 is 0 Å². The molecule has 0 spiro atoms. The lowest BCUT2D eigenvalue weighted by Gasteiger charge is -2.23. The highest BCUT2D eigenvalue weighted by Gasteiger charge is 2.29. The summed E-state index contributed by atoms with van der Waals surface area (Å²) >= 11 is 0. The lowest BCUT2D eigenvalue weighted by molar-refractivity contribution is -0.130. The summed E-state index contributed by atoms with van der Waals surface area (Å²) in [5, 5.41) is 5.53. The number of carbonyl (C=O) groups excluding carboxylic acids is 2. The highest BCUT2D eigenvalue weighted by atomic mass is 16.5. The molecule has 0 aliphatic carbocycles. The first-order chi connectivity index (χ1) is 18.3. The molecule has 0 saturated carbocycles. The molecule has 0 saturated heterocycles. The number of nitrogens with one attached hydrogen (secondary N) is 2. The molecule has 3 aromatic carbocycles. The average Bonchev–Trinajstić information content (AvgIpc) is 3.37. The van der Waals surface area contributed by atoms with E-state index in [1.165, 1.54) is 0 Å². The Morgan fingerprint density at radius 2 is 1.47 bits per heavy atom. The van der Waals surface area contributed by atoms with Crippen LogP contribution in [0.15, 0.2) is 104 Å². The van der Waals surface area contributed by atoms with Gasteiger partial charge in [-0.2, -0.15) is 0 Å². The first-order valence-electron chi connectivity index (χ1n) is 12.5. The molecule has 4 N–H and O–H groups in total. The summed E-state index contributed by atoms with van der Waals surface area (Å²) in [6, 6.07) is 28.7. The zero-order valence-electron chi connectivity index (χ0n) is 21.6. The van der Waals surface area contributed by atoms with Crippen molar-refractivity contribution in [1.29, 1.82) is 0 Å². The van der Waals surface area contributed by atoms with Crippen LogP contribution in [0.2, 0.25) is 0 Å². The topological polar surface area (TPSA) is 111 Å². The fraction of sp³-hybridized carbons (Fsp3) is 0.233. The molecule has 0 radical (unpaired) electrons. The maximum absolute atomic E-state index is 13.2. The number of benzene rings is 3. The van der Waals surface area contributed by atoms with E-state index in [0.717, 1.165) is 16.7 Å². The highest BCUT2D eigenvalue weighted by molar-refractivity contribution is 5.98. The van der Waals surface area contributed by atoms with Crippen LogP contribution >= 0.6 is 0 Å². The van der Waals surface area contributed by atoms with E-state index in [1.807, 2.05) is 71.3 Å². The van der Waals surface area contributed by atoms with Crippen molar-refractivity contribution in [3.63, 3.8) is 0 Å². The Morgan fingerprint density at radius 3 is 2.03 bits per heavy atom. The van der Waals surface area contributed by atoms with Gasteiger partial charge in [0.2, 0.25) is 5.91 Å². The molecule has 196 valence electrons. The molecule has 38 heavy (non-hydrogen) atoms. The molecule has 2 amide bonds. The highest BCUT2D eigenvalue weighted by Crippen LogP contribution is 2.27. The summed E-state index contributed by atoms with van der Waals surface area (Å²) in [6.45, 7) is 3.44. The Hall–Kier alpha value is -4.27. The minimum atomic E-state index is -1.15. The predicted molar refractivity (Wildman–Crippen MR) is 147 cm³/mol. The maximum atomic E-state index is 13.2. The van der Waals surface area contributed by atoms with Crippen LogP contribution in [0.5, 0.6) is 0 Å². The number of carbonyl (C=O) groups is 2. The van der Waals surface area contributed by atoms with Crippen molar-refractivity contribution in [3.05, 3.63) is 120 Å². The first kappa shape index (κ1) is 26.8. The van der Waals surface area contributed by atoms with E-state index in [4.69, 9.17) is 10.5 Å². The van der Waals surface area contributed by atoms with Crippen molar-refractivity contribution in [2.75, 3.05) is 11.9 Å². The Labute approximate surface area is 222 Å². The van der Waals surface area contributed by atoms with Crippen LogP contribution in [0.1, 0.15) is 36.6 Å². The smallest absolute Gasteiger partial charge is 0.250 e. The monoisotopic (exact) mass is 511 g/mol. The van der Waals surface area contributed by atoms with Gasteiger partial charge in [-0.3, -0.25) is 9.59 Å². The molecular formula is C30H33N5O3. The van der Waals surface area contributed by atoms with E-state index < -0.39 is 23.4 Å². The van der Waals surface area contributed by atoms with Crippen LogP contribution in [0, 0.1) is 0 Å². The van der Waals surface area contributed by atoms with Crippen LogP contribution in [0.25, 0.3) is 0 Å². The molecule has 0 aliphatic heterocycles. The second-order valence-electron chi connectivity index (χ2n) is 9.67. The number of anilines is 1. The lowest BCUT2D eigenvalue weighted by atomic mass is 9.99. The quantitative estimate of drug-likeness (QED) is 0.283. The van der Waals surface area contributed by atoms with Crippen molar-refractivity contribution in [2.24, 2.45) is 5.73 Å². The van der Waals surface area contributed by atoms with E-state index in [9.17, 15) is 9.59 Å². The van der Waals surface area contributed by atoms with Gasteiger partial charge in [0.05, 0.1) is 31.1 Å². The van der Waals surface area contributed by atoms with Gasteiger partial charge < -0.3 is 25.7 Å². The minimum Gasteiger partial charge on any atom is -0.374 e. The molecule has 1 atom stereocenters. The van der Waals surface area contributed by atoms with Crippen molar-refractivity contribution in [3.8, 4) is 0 Å². The van der Waals surface area contributed by atoms with Gasteiger partial charge in [-0.25, -0.2) is 4.98 Å². The molecule has 8 nitrogen and oxygen atoms in total. The Bertz CT molecular complexity index is 1280. The first-order valence-corrected chi connectivity index (χ1v) is 12.5. The van der Waals surface area contributed by atoms with E-state index in [0.29, 0.717) is 12.4 Å². The normalized spacial score (nSPS) is 12.2. The van der Waals surface area contributed by atoms with Gasteiger partial charge in [0, 0.05) is 6.20 Å². The Morgan fingerprint density at radius 1 is 0.921 bits per heavy atom. The largest absolute Gasteiger partial charge is 0.374 e. The third-order valence-corrected chi connectivity index (χ3v) is 5.98. The molecule has 1 heterocycles. The lowest BCUT2D eigenvalue weighted by Crippen LogP contribution is -2.56. The van der Waals surface area contributed by atoms with Crippen LogP contribution in [-0.2, 0) is 20.9 Å². The fourth-order valence-electron chi connectivity index (χ4n) is 3.96. The summed E-state index contributed by atoms with van der Waals surface area (Å²) < 4.78 is 7.72. The van der Waals surface area contributed by atoms with Crippen molar-refractivity contribution in [1.82, 2.24) is 14.9 Å². The summed E-state index contributed by atoms with van der Waals surface area (Å²) in [4.78, 5) is 30.2. The number of rotatable bonds is 11. The molecular weight excluding hydrogens is 478 g/mol. The molecule has 1 aromatic heterocycles. The summed E-state index contributed by atoms with van der Waals surface area (Å²) in [5.41, 5.74) is 7.92. The Balaban J connectivity index is 1.50. The zero-order chi connectivity index (χ0) is 27.0. The van der Waals surface area contributed by atoms with Gasteiger partial charge in [0.25, 0.3) is 5.91 Å². The van der Waals surface area contributed by atoms with Gasteiger partial charge in [-0.1, -0.05) is 91.0 Å². The van der Waals surface area contributed by atoms with Crippen LogP contribution in [0.3, 0.4) is 0 Å². The van der Waals surface area contributed by atoms with E-state index in [-0.39, 0.29) is 12.6 Å². The summed E-state index contributed by atoms with van der Waals surface area (Å²) in [6.07, 6.45) is 3.46. The van der Waals surface area contributed by atoms with Gasteiger partial charge in [0.15, 0.2) is 5.82 Å². The number of hydrogen-bond acceptors (Lipinski definition) is 5. The summed E-state index contributed by atoms with van der Waals surface area (Å²) in [7, 11) is 0.